The van der Waals surface area contributed by atoms with Gasteiger partial charge >= 0.3 is 5.97 Å². The fraction of sp³-hybridized carbons (Fsp3) is 0.400. The molecule has 0 spiro atoms. The maximum atomic E-state index is 11.9. The normalized spacial score (nSPS) is 13.8. The summed E-state index contributed by atoms with van der Waals surface area (Å²) >= 11 is 0. The molecule has 0 unspecified atom stereocenters. The third-order valence-corrected chi connectivity index (χ3v) is 4.68. The average Bonchev–Trinajstić information content (AvgIpc) is 3.37. The number of ether oxygens (including phenoxy) is 1. The molecule has 0 bridgehead atoms. The summed E-state index contributed by atoms with van der Waals surface area (Å²) in [5.41, 5.74) is 0.144. The van der Waals surface area contributed by atoms with Crippen LogP contribution in [0, 0.1) is 11.3 Å². The maximum absolute atomic E-state index is 11.9. The van der Waals surface area contributed by atoms with E-state index in [0.29, 0.717) is 0 Å². The Morgan fingerprint density at radius 3 is 2.50 bits per heavy atom. The van der Waals surface area contributed by atoms with Crippen LogP contribution in [-0.4, -0.2) is 39.5 Å². The van der Waals surface area contributed by atoms with E-state index in [2.05, 4.69) is 10.0 Å². The molecule has 1 saturated carbocycles. The van der Waals surface area contributed by atoms with Crippen molar-refractivity contribution in [2.45, 2.75) is 30.2 Å². The van der Waals surface area contributed by atoms with Gasteiger partial charge in [-0.3, -0.25) is 4.79 Å². The highest BCUT2D eigenvalue weighted by atomic mass is 32.2. The Hall–Kier alpha value is -2.44. The first kappa shape index (κ1) is 17.9. The Kier molecular flexibility index (Phi) is 5.89. The van der Waals surface area contributed by atoms with Crippen LogP contribution in [-0.2, 0) is 19.6 Å². The first-order valence-electron chi connectivity index (χ1n) is 7.35. The van der Waals surface area contributed by atoms with Crippen LogP contribution >= 0.6 is 0 Å². The predicted molar refractivity (Wildman–Crippen MR) is 83.3 cm³/mol. The molecule has 0 aromatic heterocycles. The monoisotopic (exact) mass is 351 g/mol. The van der Waals surface area contributed by atoms with Crippen LogP contribution in [0.1, 0.15) is 29.6 Å². The molecular weight excluding hydrogens is 334 g/mol. The molecule has 1 amide bonds. The molecule has 1 aliphatic carbocycles. The number of sulfonamides is 1. The molecule has 1 aliphatic rings. The van der Waals surface area contributed by atoms with Gasteiger partial charge in [-0.25, -0.2) is 17.9 Å². The van der Waals surface area contributed by atoms with E-state index in [1.807, 2.05) is 6.07 Å². The molecule has 2 rings (SSSR count). The number of carbonyl (C=O) groups excluding carboxylic acids is 2. The predicted octanol–water partition coefficient (Wildman–Crippen LogP) is 0.314. The number of benzene rings is 1. The number of nitrogens with zero attached hydrogens (tertiary/aromatic N) is 1. The lowest BCUT2D eigenvalue weighted by molar-refractivity contribution is -0.124. The zero-order chi connectivity index (χ0) is 17.6. The number of carbonyl (C=O) groups is 2. The standard InChI is InChI=1S/C15H17N3O5S/c16-8-1-9-17-24(21,22)13-6-2-11(3-7-13)15(20)23-10-14(19)18-12-4-5-12/h2-3,6-7,12,17H,1,4-5,9-10H2,(H,18,19). The van der Waals surface area contributed by atoms with E-state index >= 15 is 0 Å². The molecule has 1 aromatic carbocycles. The number of nitrogens with one attached hydrogen (secondary N) is 2. The van der Waals surface area contributed by atoms with Gasteiger partial charge < -0.3 is 10.1 Å². The minimum atomic E-state index is -3.72. The van der Waals surface area contributed by atoms with E-state index in [1.165, 1.54) is 24.3 Å². The van der Waals surface area contributed by atoms with Crippen molar-refractivity contribution in [2.75, 3.05) is 13.2 Å². The number of nitriles is 1. The first-order chi connectivity index (χ1) is 11.4. The largest absolute Gasteiger partial charge is 0.452 e. The lowest BCUT2D eigenvalue weighted by Gasteiger charge is -2.07. The number of hydrogen-bond donors (Lipinski definition) is 2. The molecule has 1 aromatic rings. The second kappa shape index (κ2) is 7.90. The smallest absolute Gasteiger partial charge is 0.338 e. The van der Waals surface area contributed by atoms with Crippen molar-refractivity contribution in [3.05, 3.63) is 29.8 Å². The summed E-state index contributed by atoms with van der Waals surface area (Å²) in [6, 6.07) is 7.15. The Morgan fingerprint density at radius 2 is 1.92 bits per heavy atom. The SMILES string of the molecule is N#CCCNS(=O)(=O)c1ccc(C(=O)OCC(=O)NC2CC2)cc1. The summed E-state index contributed by atoms with van der Waals surface area (Å²) < 4.78 is 31.0. The quantitative estimate of drug-likeness (QED) is 0.513. The average molecular weight is 351 g/mol. The van der Waals surface area contributed by atoms with Gasteiger partial charge in [0.1, 0.15) is 0 Å². The minimum Gasteiger partial charge on any atom is -0.452 e. The van der Waals surface area contributed by atoms with E-state index in [9.17, 15) is 18.0 Å². The third kappa shape index (κ3) is 5.33. The van der Waals surface area contributed by atoms with Crippen molar-refractivity contribution < 1.29 is 22.7 Å². The van der Waals surface area contributed by atoms with Crippen LogP contribution in [0.3, 0.4) is 0 Å². The van der Waals surface area contributed by atoms with Crippen molar-refractivity contribution in [2.24, 2.45) is 0 Å². The highest BCUT2D eigenvalue weighted by Crippen LogP contribution is 2.18. The van der Waals surface area contributed by atoms with E-state index in [4.69, 9.17) is 10.00 Å². The minimum absolute atomic E-state index is 0.0126. The summed E-state index contributed by atoms with van der Waals surface area (Å²) in [4.78, 5) is 23.2. The molecule has 9 heteroatoms. The van der Waals surface area contributed by atoms with Crippen molar-refractivity contribution in [1.29, 1.82) is 5.26 Å². The van der Waals surface area contributed by atoms with Gasteiger partial charge in [0, 0.05) is 19.0 Å². The van der Waals surface area contributed by atoms with Crippen LogP contribution < -0.4 is 10.0 Å². The van der Waals surface area contributed by atoms with E-state index in [-0.39, 0.29) is 42.0 Å². The second-order valence-electron chi connectivity index (χ2n) is 5.25. The Bertz CT molecular complexity index is 748. The molecule has 24 heavy (non-hydrogen) atoms. The number of hydrogen-bond acceptors (Lipinski definition) is 6. The summed E-state index contributed by atoms with van der Waals surface area (Å²) in [5, 5.41) is 11.1. The summed E-state index contributed by atoms with van der Waals surface area (Å²) in [6.45, 7) is -0.357. The van der Waals surface area contributed by atoms with Crippen LogP contribution in [0.4, 0.5) is 0 Å². The van der Waals surface area contributed by atoms with Gasteiger partial charge in [-0.15, -0.1) is 0 Å². The van der Waals surface area contributed by atoms with Crippen molar-refractivity contribution in [3.63, 3.8) is 0 Å². The van der Waals surface area contributed by atoms with Crippen molar-refractivity contribution in [3.8, 4) is 6.07 Å². The fourth-order valence-electron chi connectivity index (χ4n) is 1.81. The molecular formula is C15H17N3O5S. The van der Waals surface area contributed by atoms with Crippen molar-refractivity contribution >= 4 is 21.9 Å². The Labute approximate surface area is 139 Å². The summed E-state index contributed by atoms with van der Waals surface area (Å²) in [7, 11) is -3.72. The lowest BCUT2D eigenvalue weighted by Crippen LogP contribution is -2.30. The molecule has 8 nitrogen and oxygen atoms in total. The van der Waals surface area contributed by atoms with E-state index < -0.39 is 16.0 Å². The van der Waals surface area contributed by atoms with Crippen molar-refractivity contribution in [1.82, 2.24) is 10.0 Å². The highest BCUT2D eigenvalue weighted by Gasteiger charge is 2.23. The van der Waals surface area contributed by atoms with Gasteiger partial charge in [-0.2, -0.15) is 5.26 Å². The fourth-order valence-corrected chi connectivity index (χ4v) is 2.84. The molecule has 128 valence electrons. The van der Waals surface area contributed by atoms with Gasteiger partial charge in [0.25, 0.3) is 5.91 Å². The van der Waals surface area contributed by atoms with Crippen LogP contribution in [0.5, 0.6) is 0 Å². The van der Waals surface area contributed by atoms with E-state index in [0.717, 1.165) is 12.8 Å². The Morgan fingerprint density at radius 1 is 1.25 bits per heavy atom. The number of esters is 1. The van der Waals surface area contributed by atoms with Gasteiger partial charge in [-0.1, -0.05) is 0 Å². The molecule has 1 fully saturated rings. The zero-order valence-electron chi connectivity index (χ0n) is 12.8. The lowest BCUT2D eigenvalue weighted by atomic mass is 10.2. The summed E-state index contributed by atoms with van der Waals surface area (Å²) in [6.07, 6.45) is 1.95. The topological polar surface area (TPSA) is 125 Å². The van der Waals surface area contributed by atoms with Crippen LogP contribution in [0.25, 0.3) is 0 Å². The molecule has 0 heterocycles. The zero-order valence-corrected chi connectivity index (χ0v) is 13.6. The number of amides is 1. The number of rotatable bonds is 8. The van der Waals surface area contributed by atoms with Gasteiger partial charge in [-0.05, 0) is 37.1 Å². The second-order valence-corrected chi connectivity index (χ2v) is 7.02. The first-order valence-corrected chi connectivity index (χ1v) is 8.84. The summed E-state index contributed by atoms with van der Waals surface area (Å²) in [5.74, 6) is -1.06. The van der Waals surface area contributed by atoms with Crippen LogP contribution in [0.2, 0.25) is 0 Å². The third-order valence-electron chi connectivity index (χ3n) is 3.21. The van der Waals surface area contributed by atoms with Gasteiger partial charge in [0.2, 0.25) is 10.0 Å². The van der Waals surface area contributed by atoms with E-state index in [1.54, 1.807) is 0 Å². The molecule has 0 saturated heterocycles. The van der Waals surface area contributed by atoms with Gasteiger partial charge in [0.15, 0.2) is 6.61 Å². The molecule has 0 atom stereocenters. The maximum Gasteiger partial charge on any atom is 0.338 e. The molecule has 0 aliphatic heterocycles. The molecule has 0 radical (unpaired) electrons. The molecule has 2 N–H and O–H groups in total. The Balaban J connectivity index is 1.89. The van der Waals surface area contributed by atoms with Gasteiger partial charge in [0.05, 0.1) is 16.5 Å². The van der Waals surface area contributed by atoms with Crippen LogP contribution in [0.15, 0.2) is 29.2 Å². The highest BCUT2D eigenvalue weighted by molar-refractivity contribution is 7.89.